The Morgan fingerprint density at radius 3 is 2.33 bits per heavy atom. The summed E-state index contributed by atoms with van der Waals surface area (Å²) in [4.78, 5) is 8.51. The van der Waals surface area contributed by atoms with Gasteiger partial charge in [0.15, 0.2) is 0 Å². The SMILES string of the molecule is Cc1cc(C)nc(Oc2ccccc2C(C)N)n1. The van der Waals surface area contributed by atoms with E-state index < -0.39 is 0 Å². The van der Waals surface area contributed by atoms with Crippen molar-refractivity contribution < 1.29 is 4.74 Å². The minimum atomic E-state index is -0.0906. The summed E-state index contributed by atoms with van der Waals surface area (Å²) in [5, 5.41) is 0. The molecule has 4 nitrogen and oxygen atoms in total. The normalized spacial score (nSPS) is 12.2. The van der Waals surface area contributed by atoms with Gasteiger partial charge >= 0.3 is 6.01 Å². The molecule has 94 valence electrons. The second kappa shape index (κ2) is 5.14. The number of nitrogens with zero attached hydrogens (tertiary/aromatic N) is 2. The monoisotopic (exact) mass is 243 g/mol. The molecule has 1 unspecified atom stereocenters. The second-order valence-electron chi connectivity index (χ2n) is 4.36. The van der Waals surface area contributed by atoms with Crippen LogP contribution in [0.25, 0.3) is 0 Å². The lowest BCUT2D eigenvalue weighted by atomic mass is 10.1. The Kier molecular flexibility index (Phi) is 3.58. The molecular formula is C14H17N3O. The third-order valence-electron chi connectivity index (χ3n) is 2.57. The van der Waals surface area contributed by atoms with E-state index in [-0.39, 0.29) is 6.04 Å². The van der Waals surface area contributed by atoms with Gasteiger partial charge in [-0.25, -0.2) is 9.97 Å². The molecule has 2 rings (SSSR count). The lowest BCUT2D eigenvalue weighted by Crippen LogP contribution is -2.07. The predicted octanol–water partition coefficient (Wildman–Crippen LogP) is 2.91. The molecule has 1 heterocycles. The van der Waals surface area contributed by atoms with E-state index in [4.69, 9.17) is 10.5 Å². The van der Waals surface area contributed by atoms with E-state index in [0.29, 0.717) is 11.8 Å². The molecule has 0 amide bonds. The molecule has 1 aromatic heterocycles. The highest BCUT2D eigenvalue weighted by Gasteiger charge is 2.09. The van der Waals surface area contributed by atoms with Gasteiger partial charge in [-0.2, -0.15) is 0 Å². The van der Waals surface area contributed by atoms with E-state index in [0.717, 1.165) is 17.0 Å². The van der Waals surface area contributed by atoms with Crippen molar-refractivity contribution in [2.45, 2.75) is 26.8 Å². The first kappa shape index (κ1) is 12.5. The standard InChI is InChI=1S/C14H17N3O/c1-9-8-10(2)17-14(16-9)18-13-7-5-4-6-12(13)11(3)15/h4-8,11H,15H2,1-3H3. The number of rotatable bonds is 3. The molecule has 1 aromatic carbocycles. The molecule has 1 atom stereocenters. The van der Waals surface area contributed by atoms with Crippen molar-refractivity contribution in [3.8, 4) is 11.8 Å². The Labute approximate surface area is 107 Å². The summed E-state index contributed by atoms with van der Waals surface area (Å²) in [5.74, 6) is 0.706. The van der Waals surface area contributed by atoms with Crippen molar-refractivity contribution in [2.75, 3.05) is 0 Å². The molecule has 0 saturated carbocycles. The van der Waals surface area contributed by atoms with Gasteiger partial charge < -0.3 is 10.5 Å². The Hall–Kier alpha value is -1.94. The number of hydrogen-bond acceptors (Lipinski definition) is 4. The highest BCUT2D eigenvalue weighted by atomic mass is 16.5. The minimum Gasteiger partial charge on any atom is -0.424 e. The van der Waals surface area contributed by atoms with Gasteiger partial charge in [-0.05, 0) is 32.9 Å². The van der Waals surface area contributed by atoms with Crippen LogP contribution in [0.3, 0.4) is 0 Å². The molecule has 18 heavy (non-hydrogen) atoms. The molecule has 2 aromatic rings. The highest BCUT2D eigenvalue weighted by molar-refractivity contribution is 5.37. The van der Waals surface area contributed by atoms with Gasteiger partial charge in [0.2, 0.25) is 0 Å². The van der Waals surface area contributed by atoms with E-state index in [1.165, 1.54) is 0 Å². The number of para-hydroxylation sites is 1. The number of benzene rings is 1. The number of nitrogens with two attached hydrogens (primary N) is 1. The second-order valence-corrected chi connectivity index (χ2v) is 4.36. The number of aromatic nitrogens is 2. The van der Waals surface area contributed by atoms with Crippen molar-refractivity contribution in [1.29, 1.82) is 0 Å². The molecule has 0 fully saturated rings. The number of hydrogen-bond donors (Lipinski definition) is 1. The maximum absolute atomic E-state index is 5.91. The van der Waals surface area contributed by atoms with Crippen LogP contribution in [0.4, 0.5) is 0 Å². The smallest absolute Gasteiger partial charge is 0.322 e. The van der Waals surface area contributed by atoms with Gasteiger partial charge in [-0.15, -0.1) is 0 Å². The largest absolute Gasteiger partial charge is 0.424 e. The van der Waals surface area contributed by atoms with Crippen LogP contribution >= 0.6 is 0 Å². The third kappa shape index (κ3) is 2.84. The van der Waals surface area contributed by atoms with Crippen LogP contribution in [0.15, 0.2) is 30.3 Å². The molecule has 0 bridgehead atoms. The summed E-state index contributed by atoms with van der Waals surface area (Å²) in [6.07, 6.45) is 0. The van der Waals surface area contributed by atoms with Crippen molar-refractivity contribution >= 4 is 0 Å². The first-order valence-electron chi connectivity index (χ1n) is 5.91. The van der Waals surface area contributed by atoms with Gasteiger partial charge in [0.25, 0.3) is 0 Å². The van der Waals surface area contributed by atoms with Crippen LogP contribution in [0.1, 0.15) is 29.9 Å². The quantitative estimate of drug-likeness (QED) is 0.900. The lowest BCUT2D eigenvalue weighted by Gasteiger charge is -2.12. The first-order valence-corrected chi connectivity index (χ1v) is 5.91. The molecule has 0 aliphatic carbocycles. The number of ether oxygens (including phenoxy) is 1. The summed E-state index contributed by atoms with van der Waals surface area (Å²) in [7, 11) is 0. The van der Waals surface area contributed by atoms with Crippen molar-refractivity contribution in [2.24, 2.45) is 5.73 Å². The van der Waals surface area contributed by atoms with E-state index in [1.54, 1.807) is 0 Å². The van der Waals surface area contributed by atoms with Gasteiger partial charge in [0.05, 0.1) is 0 Å². The molecule has 4 heteroatoms. The van der Waals surface area contributed by atoms with Crippen LogP contribution < -0.4 is 10.5 Å². The third-order valence-corrected chi connectivity index (χ3v) is 2.57. The fourth-order valence-corrected chi connectivity index (χ4v) is 1.79. The number of aryl methyl sites for hydroxylation is 2. The summed E-state index contributed by atoms with van der Waals surface area (Å²) >= 11 is 0. The molecular weight excluding hydrogens is 226 g/mol. The summed E-state index contributed by atoms with van der Waals surface area (Å²) in [6.45, 7) is 5.75. The fraction of sp³-hybridized carbons (Fsp3) is 0.286. The van der Waals surface area contributed by atoms with Crippen LogP contribution in [0.2, 0.25) is 0 Å². The van der Waals surface area contributed by atoms with Gasteiger partial charge in [-0.3, -0.25) is 0 Å². The van der Waals surface area contributed by atoms with Crippen molar-refractivity contribution in [1.82, 2.24) is 9.97 Å². The maximum atomic E-state index is 5.91. The zero-order valence-electron chi connectivity index (χ0n) is 10.8. The zero-order chi connectivity index (χ0) is 13.1. The van der Waals surface area contributed by atoms with Crippen LogP contribution in [-0.4, -0.2) is 9.97 Å². The highest BCUT2D eigenvalue weighted by Crippen LogP contribution is 2.26. The zero-order valence-corrected chi connectivity index (χ0v) is 10.8. The fourth-order valence-electron chi connectivity index (χ4n) is 1.79. The molecule has 0 saturated heterocycles. The summed E-state index contributed by atoms with van der Waals surface area (Å²) < 4.78 is 5.73. The van der Waals surface area contributed by atoms with E-state index in [2.05, 4.69) is 9.97 Å². The van der Waals surface area contributed by atoms with Gasteiger partial charge in [-0.1, -0.05) is 18.2 Å². The topological polar surface area (TPSA) is 61.0 Å². The van der Waals surface area contributed by atoms with E-state index in [1.807, 2.05) is 51.1 Å². The molecule has 0 spiro atoms. The Morgan fingerprint density at radius 1 is 1.11 bits per heavy atom. The van der Waals surface area contributed by atoms with Crippen molar-refractivity contribution in [3.05, 3.63) is 47.3 Å². The van der Waals surface area contributed by atoms with Crippen LogP contribution in [0.5, 0.6) is 11.8 Å². The maximum Gasteiger partial charge on any atom is 0.322 e. The van der Waals surface area contributed by atoms with E-state index in [9.17, 15) is 0 Å². The van der Waals surface area contributed by atoms with Crippen LogP contribution in [-0.2, 0) is 0 Å². The van der Waals surface area contributed by atoms with Gasteiger partial charge in [0.1, 0.15) is 5.75 Å². The Balaban J connectivity index is 2.34. The summed E-state index contributed by atoms with van der Waals surface area (Å²) in [6, 6.07) is 9.84. The average Bonchev–Trinajstić information content (AvgIpc) is 2.27. The molecule has 0 aliphatic heterocycles. The van der Waals surface area contributed by atoms with Crippen LogP contribution in [0, 0.1) is 13.8 Å². The Morgan fingerprint density at radius 2 is 1.72 bits per heavy atom. The molecule has 0 aliphatic rings. The summed E-state index contributed by atoms with van der Waals surface area (Å²) in [5.41, 5.74) is 8.62. The molecule has 2 N–H and O–H groups in total. The molecule has 0 radical (unpaired) electrons. The van der Waals surface area contributed by atoms with Gasteiger partial charge in [0, 0.05) is 23.0 Å². The first-order chi connectivity index (χ1) is 8.56. The van der Waals surface area contributed by atoms with E-state index >= 15 is 0 Å². The lowest BCUT2D eigenvalue weighted by molar-refractivity contribution is 0.431. The average molecular weight is 243 g/mol. The Bertz CT molecular complexity index is 532. The van der Waals surface area contributed by atoms with Crippen molar-refractivity contribution in [3.63, 3.8) is 0 Å². The predicted molar refractivity (Wildman–Crippen MR) is 70.6 cm³/mol. The minimum absolute atomic E-state index is 0.0906.